The van der Waals surface area contributed by atoms with E-state index in [0.29, 0.717) is 23.9 Å². The first-order valence-corrected chi connectivity index (χ1v) is 8.13. The molecule has 1 aromatic carbocycles. The number of aromatic hydroxyl groups is 1. The van der Waals surface area contributed by atoms with E-state index in [1.807, 2.05) is 30.5 Å². The molecule has 0 amide bonds. The summed E-state index contributed by atoms with van der Waals surface area (Å²) in [6.45, 7) is 13.0. The van der Waals surface area contributed by atoms with Gasteiger partial charge in [0.1, 0.15) is 5.75 Å². The van der Waals surface area contributed by atoms with Crippen molar-refractivity contribution in [3.8, 4) is 5.75 Å². The van der Waals surface area contributed by atoms with E-state index < -0.39 is 0 Å². The highest BCUT2D eigenvalue weighted by Gasteiger charge is 2.19. The Hall–Kier alpha value is -1.77. The molecule has 2 aromatic rings. The van der Waals surface area contributed by atoms with Crippen LogP contribution in [0.4, 0.5) is 0 Å². The molecule has 22 heavy (non-hydrogen) atoms. The normalized spacial score (nSPS) is 12.0. The molecule has 0 aliphatic carbocycles. The Balaban J connectivity index is 2.89. The van der Waals surface area contributed by atoms with Crippen LogP contribution in [0.1, 0.15) is 64.5 Å². The van der Waals surface area contributed by atoms with Gasteiger partial charge in [0.05, 0.1) is 11.1 Å². The van der Waals surface area contributed by atoms with Gasteiger partial charge in [0, 0.05) is 11.9 Å². The quantitative estimate of drug-likeness (QED) is 0.896. The SMILES string of the molecule is CC(C)Cn1c(=O)c(C(C)C)c(O)c2cc(C(C)C)ccc21. The predicted octanol–water partition coefficient (Wildman–Crippen LogP) is 4.61. The summed E-state index contributed by atoms with van der Waals surface area (Å²) in [6.07, 6.45) is 0. The second kappa shape index (κ2) is 6.15. The van der Waals surface area contributed by atoms with Gasteiger partial charge >= 0.3 is 0 Å². The van der Waals surface area contributed by atoms with Gasteiger partial charge in [-0.3, -0.25) is 4.79 Å². The van der Waals surface area contributed by atoms with E-state index in [2.05, 4.69) is 33.8 Å². The average molecular weight is 301 g/mol. The molecule has 0 radical (unpaired) electrons. The van der Waals surface area contributed by atoms with Gasteiger partial charge in [0.25, 0.3) is 5.56 Å². The number of pyridine rings is 1. The number of hydrogen-bond donors (Lipinski definition) is 1. The largest absolute Gasteiger partial charge is 0.507 e. The van der Waals surface area contributed by atoms with Crippen LogP contribution in [0.15, 0.2) is 23.0 Å². The highest BCUT2D eigenvalue weighted by molar-refractivity contribution is 5.87. The zero-order valence-electron chi connectivity index (χ0n) is 14.5. The molecule has 0 atom stereocenters. The maximum Gasteiger partial charge on any atom is 0.258 e. The van der Waals surface area contributed by atoms with Gasteiger partial charge in [0.15, 0.2) is 0 Å². The Morgan fingerprint density at radius 2 is 1.68 bits per heavy atom. The first-order valence-electron chi connectivity index (χ1n) is 8.13. The molecule has 120 valence electrons. The Bertz CT molecular complexity index is 739. The fourth-order valence-electron chi connectivity index (χ4n) is 2.91. The zero-order valence-corrected chi connectivity index (χ0v) is 14.5. The second-order valence-electron chi connectivity index (χ2n) is 7.16. The van der Waals surface area contributed by atoms with Crippen LogP contribution < -0.4 is 5.56 Å². The lowest BCUT2D eigenvalue weighted by Gasteiger charge is -2.19. The maximum atomic E-state index is 12.8. The first kappa shape index (κ1) is 16.6. The molecule has 1 aromatic heterocycles. The average Bonchev–Trinajstić information content (AvgIpc) is 2.42. The summed E-state index contributed by atoms with van der Waals surface area (Å²) < 4.78 is 1.82. The molecule has 2 rings (SSSR count). The number of fused-ring (bicyclic) bond motifs is 1. The van der Waals surface area contributed by atoms with Crippen LogP contribution in [0.2, 0.25) is 0 Å². The molecule has 0 saturated heterocycles. The van der Waals surface area contributed by atoms with Crippen molar-refractivity contribution in [2.75, 3.05) is 0 Å². The fourth-order valence-corrected chi connectivity index (χ4v) is 2.91. The van der Waals surface area contributed by atoms with Gasteiger partial charge in [-0.25, -0.2) is 0 Å². The summed E-state index contributed by atoms with van der Waals surface area (Å²) in [5.41, 5.74) is 2.46. The van der Waals surface area contributed by atoms with Crippen molar-refractivity contribution in [2.24, 2.45) is 5.92 Å². The lowest BCUT2D eigenvalue weighted by molar-refractivity contribution is 0.461. The molecular weight excluding hydrogens is 274 g/mol. The van der Waals surface area contributed by atoms with Gasteiger partial charge in [-0.1, -0.05) is 47.6 Å². The highest BCUT2D eigenvalue weighted by Crippen LogP contribution is 2.32. The minimum Gasteiger partial charge on any atom is -0.507 e. The molecule has 1 heterocycles. The summed E-state index contributed by atoms with van der Waals surface area (Å²) in [5, 5.41) is 11.4. The van der Waals surface area contributed by atoms with Crippen LogP contribution >= 0.6 is 0 Å². The molecule has 0 aliphatic heterocycles. The van der Waals surface area contributed by atoms with Crippen LogP contribution in [0.25, 0.3) is 10.9 Å². The molecule has 1 N–H and O–H groups in total. The first-order chi connectivity index (χ1) is 10.2. The smallest absolute Gasteiger partial charge is 0.258 e. The van der Waals surface area contributed by atoms with Gasteiger partial charge in [0.2, 0.25) is 0 Å². The number of aromatic nitrogens is 1. The maximum absolute atomic E-state index is 12.8. The summed E-state index contributed by atoms with van der Waals surface area (Å²) >= 11 is 0. The number of nitrogens with zero attached hydrogens (tertiary/aromatic N) is 1. The van der Waals surface area contributed by atoms with Crippen molar-refractivity contribution in [1.29, 1.82) is 0 Å². The number of hydrogen-bond acceptors (Lipinski definition) is 2. The van der Waals surface area contributed by atoms with Gasteiger partial charge in [-0.05, 0) is 35.4 Å². The molecule has 3 heteroatoms. The third-order valence-electron chi connectivity index (χ3n) is 4.09. The van der Waals surface area contributed by atoms with Crippen molar-refractivity contribution < 1.29 is 5.11 Å². The Morgan fingerprint density at radius 3 is 2.18 bits per heavy atom. The summed E-state index contributed by atoms with van der Waals surface area (Å²) in [6, 6.07) is 6.05. The predicted molar refractivity (Wildman–Crippen MR) is 92.9 cm³/mol. The molecular formula is C19H27NO2. The topological polar surface area (TPSA) is 42.2 Å². The molecule has 0 unspecified atom stereocenters. The number of benzene rings is 1. The zero-order chi connectivity index (χ0) is 16.6. The molecule has 0 spiro atoms. The minimum absolute atomic E-state index is 0.00183. The third kappa shape index (κ3) is 2.90. The van der Waals surface area contributed by atoms with Gasteiger partial charge < -0.3 is 9.67 Å². The minimum atomic E-state index is -0.0639. The molecule has 0 fully saturated rings. The van der Waals surface area contributed by atoms with Crippen molar-refractivity contribution in [3.05, 3.63) is 39.7 Å². The van der Waals surface area contributed by atoms with E-state index >= 15 is 0 Å². The summed E-state index contributed by atoms with van der Waals surface area (Å²) in [7, 11) is 0. The summed E-state index contributed by atoms with van der Waals surface area (Å²) in [4.78, 5) is 12.8. The standard InChI is InChI=1S/C19H27NO2/c1-11(2)10-20-16-8-7-14(12(3)4)9-15(16)18(21)17(13(5)6)19(20)22/h7-9,11-13,21H,10H2,1-6H3. The molecule has 0 saturated carbocycles. The fraction of sp³-hybridized carbons (Fsp3) is 0.526. The van der Waals surface area contributed by atoms with Crippen LogP contribution in [0.3, 0.4) is 0 Å². The Morgan fingerprint density at radius 1 is 1.05 bits per heavy atom. The van der Waals surface area contributed by atoms with Gasteiger partial charge in [-0.2, -0.15) is 0 Å². The monoisotopic (exact) mass is 301 g/mol. The second-order valence-corrected chi connectivity index (χ2v) is 7.16. The van der Waals surface area contributed by atoms with E-state index in [-0.39, 0.29) is 17.2 Å². The van der Waals surface area contributed by atoms with Crippen molar-refractivity contribution in [1.82, 2.24) is 4.57 Å². The van der Waals surface area contributed by atoms with Gasteiger partial charge in [-0.15, -0.1) is 0 Å². The lowest BCUT2D eigenvalue weighted by Crippen LogP contribution is -2.27. The van der Waals surface area contributed by atoms with E-state index in [1.165, 1.54) is 5.56 Å². The van der Waals surface area contributed by atoms with Crippen molar-refractivity contribution in [3.63, 3.8) is 0 Å². The molecule has 0 bridgehead atoms. The van der Waals surface area contributed by atoms with Crippen LogP contribution in [-0.4, -0.2) is 9.67 Å². The highest BCUT2D eigenvalue weighted by atomic mass is 16.3. The molecule has 0 aliphatic rings. The third-order valence-corrected chi connectivity index (χ3v) is 4.09. The number of rotatable bonds is 4. The lowest BCUT2D eigenvalue weighted by atomic mass is 9.96. The Kier molecular flexibility index (Phi) is 4.64. The van der Waals surface area contributed by atoms with E-state index in [9.17, 15) is 9.90 Å². The van der Waals surface area contributed by atoms with E-state index in [1.54, 1.807) is 0 Å². The van der Waals surface area contributed by atoms with Crippen LogP contribution in [0, 0.1) is 5.92 Å². The van der Waals surface area contributed by atoms with Crippen LogP contribution in [-0.2, 0) is 6.54 Å². The van der Waals surface area contributed by atoms with E-state index in [0.717, 1.165) is 10.9 Å². The van der Waals surface area contributed by atoms with Crippen molar-refractivity contribution in [2.45, 2.75) is 59.9 Å². The summed E-state index contributed by atoms with van der Waals surface area (Å²) in [5.74, 6) is 0.905. The van der Waals surface area contributed by atoms with Crippen LogP contribution in [0.5, 0.6) is 5.75 Å². The molecule has 3 nitrogen and oxygen atoms in total. The Labute approximate surface area is 132 Å². The van der Waals surface area contributed by atoms with E-state index in [4.69, 9.17) is 0 Å². The van der Waals surface area contributed by atoms with Crippen molar-refractivity contribution >= 4 is 10.9 Å².